The summed E-state index contributed by atoms with van der Waals surface area (Å²) < 4.78 is 3.80. The van der Waals surface area contributed by atoms with Gasteiger partial charge in [-0.3, -0.25) is 4.57 Å². The Hall–Kier alpha value is -1.66. The van der Waals surface area contributed by atoms with E-state index in [0.29, 0.717) is 5.52 Å². The van der Waals surface area contributed by atoms with Crippen LogP contribution in [0.2, 0.25) is 0 Å². The Balaban J connectivity index is 2.22. The van der Waals surface area contributed by atoms with Gasteiger partial charge >= 0.3 is 5.97 Å². The lowest BCUT2D eigenvalue weighted by molar-refractivity contribution is 0.0697. The van der Waals surface area contributed by atoms with Crippen LogP contribution in [-0.2, 0) is 0 Å². The van der Waals surface area contributed by atoms with Crippen molar-refractivity contribution in [1.82, 2.24) is 9.55 Å². The van der Waals surface area contributed by atoms with E-state index >= 15 is 0 Å². The quantitative estimate of drug-likeness (QED) is 0.705. The number of carboxylic acids is 1. The summed E-state index contributed by atoms with van der Waals surface area (Å²) in [6, 6.07) is 10.8. The van der Waals surface area contributed by atoms with E-state index in [2.05, 4.69) is 36.8 Å². The first-order valence-electron chi connectivity index (χ1n) is 5.72. The molecule has 4 nitrogen and oxygen atoms in total. The van der Waals surface area contributed by atoms with Crippen molar-refractivity contribution in [2.75, 3.05) is 0 Å². The predicted octanol–water partition coefficient (Wildman–Crippen LogP) is 4.25. The number of halogens is 2. The zero-order valence-electron chi connectivity index (χ0n) is 10.0. The van der Waals surface area contributed by atoms with Gasteiger partial charge in [0.1, 0.15) is 6.33 Å². The summed E-state index contributed by atoms with van der Waals surface area (Å²) in [6.45, 7) is 0. The molecule has 0 radical (unpaired) electrons. The van der Waals surface area contributed by atoms with Crippen LogP contribution in [0.4, 0.5) is 0 Å². The lowest BCUT2D eigenvalue weighted by Gasteiger charge is -2.07. The van der Waals surface area contributed by atoms with Gasteiger partial charge in [-0.05, 0) is 52.3 Å². The number of aromatic carboxylic acids is 1. The zero-order chi connectivity index (χ0) is 14.3. The lowest BCUT2D eigenvalue weighted by Crippen LogP contribution is -1.97. The van der Waals surface area contributed by atoms with Crippen molar-refractivity contribution in [2.24, 2.45) is 0 Å². The van der Waals surface area contributed by atoms with E-state index in [9.17, 15) is 4.79 Å². The summed E-state index contributed by atoms with van der Waals surface area (Å²) in [5, 5.41) is 9.00. The molecule has 1 aromatic heterocycles. The summed E-state index contributed by atoms with van der Waals surface area (Å²) >= 11 is 6.96. The third kappa shape index (κ3) is 2.25. The molecule has 2 aromatic carbocycles. The van der Waals surface area contributed by atoms with Crippen LogP contribution in [0.1, 0.15) is 10.4 Å². The SMILES string of the molecule is O=C(O)c1ccc2c(c1)ncn2-c1cc(Br)ccc1Br. The topological polar surface area (TPSA) is 55.1 Å². The molecule has 0 bridgehead atoms. The van der Waals surface area contributed by atoms with E-state index in [1.54, 1.807) is 24.5 Å². The Morgan fingerprint density at radius 3 is 2.70 bits per heavy atom. The fourth-order valence-electron chi connectivity index (χ4n) is 2.01. The predicted molar refractivity (Wildman–Crippen MR) is 83.4 cm³/mol. The molecule has 100 valence electrons. The molecule has 0 saturated carbocycles. The average molecular weight is 396 g/mol. The smallest absolute Gasteiger partial charge is 0.335 e. The minimum atomic E-state index is -0.954. The van der Waals surface area contributed by atoms with E-state index in [1.165, 1.54) is 0 Å². The summed E-state index contributed by atoms with van der Waals surface area (Å²) in [7, 11) is 0. The highest BCUT2D eigenvalue weighted by atomic mass is 79.9. The van der Waals surface area contributed by atoms with Gasteiger partial charge in [-0.25, -0.2) is 9.78 Å². The number of hydrogen-bond donors (Lipinski definition) is 1. The Morgan fingerprint density at radius 2 is 1.95 bits per heavy atom. The molecule has 1 heterocycles. The summed E-state index contributed by atoms with van der Waals surface area (Å²) in [5.41, 5.74) is 2.67. The number of imidazole rings is 1. The number of carbonyl (C=O) groups is 1. The molecule has 3 aromatic rings. The number of aromatic nitrogens is 2. The van der Waals surface area contributed by atoms with Gasteiger partial charge in [-0.1, -0.05) is 15.9 Å². The molecule has 0 unspecified atom stereocenters. The van der Waals surface area contributed by atoms with Crippen molar-refractivity contribution in [1.29, 1.82) is 0 Å². The zero-order valence-corrected chi connectivity index (χ0v) is 13.2. The van der Waals surface area contributed by atoms with Crippen molar-refractivity contribution < 1.29 is 9.90 Å². The van der Waals surface area contributed by atoms with Gasteiger partial charge in [-0.15, -0.1) is 0 Å². The van der Waals surface area contributed by atoms with E-state index in [-0.39, 0.29) is 5.56 Å². The van der Waals surface area contributed by atoms with Crippen molar-refractivity contribution in [2.45, 2.75) is 0 Å². The Kier molecular flexibility index (Phi) is 3.35. The second kappa shape index (κ2) is 5.03. The largest absolute Gasteiger partial charge is 0.478 e. The van der Waals surface area contributed by atoms with Crippen LogP contribution in [0, 0.1) is 0 Å². The van der Waals surface area contributed by atoms with Gasteiger partial charge < -0.3 is 5.11 Å². The monoisotopic (exact) mass is 394 g/mol. The highest BCUT2D eigenvalue weighted by molar-refractivity contribution is 9.11. The molecular formula is C14H8Br2N2O2. The minimum Gasteiger partial charge on any atom is -0.478 e. The van der Waals surface area contributed by atoms with Crippen molar-refractivity contribution >= 4 is 48.9 Å². The maximum Gasteiger partial charge on any atom is 0.335 e. The molecule has 0 amide bonds. The van der Waals surface area contributed by atoms with Crippen LogP contribution in [-0.4, -0.2) is 20.6 Å². The molecule has 0 aliphatic rings. The van der Waals surface area contributed by atoms with Crippen molar-refractivity contribution in [3.63, 3.8) is 0 Å². The molecule has 20 heavy (non-hydrogen) atoms. The molecule has 0 aliphatic carbocycles. The highest BCUT2D eigenvalue weighted by Crippen LogP contribution is 2.28. The molecular weight excluding hydrogens is 388 g/mol. The summed E-state index contributed by atoms with van der Waals surface area (Å²) in [5.74, 6) is -0.954. The second-order valence-corrected chi connectivity index (χ2v) is 5.99. The molecule has 6 heteroatoms. The van der Waals surface area contributed by atoms with Crippen molar-refractivity contribution in [3.8, 4) is 5.69 Å². The van der Waals surface area contributed by atoms with Crippen LogP contribution in [0.3, 0.4) is 0 Å². The summed E-state index contributed by atoms with van der Waals surface area (Å²) in [4.78, 5) is 15.2. The maximum atomic E-state index is 11.0. The number of carboxylic acid groups (broad SMARTS) is 1. The number of fused-ring (bicyclic) bond motifs is 1. The molecule has 1 N–H and O–H groups in total. The Morgan fingerprint density at radius 1 is 1.15 bits per heavy atom. The van der Waals surface area contributed by atoms with E-state index in [1.807, 2.05) is 22.8 Å². The standard InChI is InChI=1S/C14H8Br2N2O2/c15-9-2-3-10(16)13(6-9)18-7-17-11-5-8(14(19)20)1-4-12(11)18/h1-7H,(H,19,20). The molecule has 3 rings (SSSR count). The van der Waals surface area contributed by atoms with Crippen LogP contribution < -0.4 is 0 Å². The number of hydrogen-bond acceptors (Lipinski definition) is 2. The summed E-state index contributed by atoms with van der Waals surface area (Å²) in [6.07, 6.45) is 1.68. The molecule has 0 aliphatic heterocycles. The van der Waals surface area contributed by atoms with Gasteiger partial charge in [0.2, 0.25) is 0 Å². The fourth-order valence-corrected chi connectivity index (χ4v) is 2.79. The van der Waals surface area contributed by atoms with Gasteiger partial charge in [-0.2, -0.15) is 0 Å². The van der Waals surface area contributed by atoms with E-state index in [0.717, 1.165) is 20.1 Å². The van der Waals surface area contributed by atoms with E-state index in [4.69, 9.17) is 5.11 Å². The fraction of sp³-hybridized carbons (Fsp3) is 0. The molecule has 0 atom stereocenters. The first kappa shape index (κ1) is 13.3. The minimum absolute atomic E-state index is 0.232. The third-order valence-electron chi connectivity index (χ3n) is 2.96. The van der Waals surface area contributed by atoms with Gasteiger partial charge in [0.05, 0.1) is 22.3 Å². The lowest BCUT2D eigenvalue weighted by atomic mass is 10.2. The normalized spacial score (nSPS) is 10.9. The number of nitrogens with zero attached hydrogens (tertiary/aromatic N) is 2. The number of benzene rings is 2. The van der Waals surface area contributed by atoms with Crippen LogP contribution >= 0.6 is 31.9 Å². The van der Waals surface area contributed by atoms with Gasteiger partial charge in [0.25, 0.3) is 0 Å². The van der Waals surface area contributed by atoms with Crippen LogP contribution in [0.25, 0.3) is 16.7 Å². The Bertz CT molecular complexity index is 827. The molecule has 0 saturated heterocycles. The molecule has 0 fully saturated rings. The maximum absolute atomic E-state index is 11.0. The average Bonchev–Trinajstić information content (AvgIpc) is 2.84. The van der Waals surface area contributed by atoms with Gasteiger partial charge in [0, 0.05) is 8.95 Å². The number of rotatable bonds is 2. The van der Waals surface area contributed by atoms with Crippen LogP contribution in [0.5, 0.6) is 0 Å². The first-order chi connectivity index (χ1) is 9.56. The van der Waals surface area contributed by atoms with Crippen molar-refractivity contribution in [3.05, 3.63) is 57.2 Å². The Labute approximate surface area is 131 Å². The van der Waals surface area contributed by atoms with Gasteiger partial charge in [0.15, 0.2) is 0 Å². The highest BCUT2D eigenvalue weighted by Gasteiger charge is 2.11. The first-order valence-corrected chi connectivity index (χ1v) is 7.30. The van der Waals surface area contributed by atoms with E-state index < -0.39 is 5.97 Å². The van der Waals surface area contributed by atoms with Crippen LogP contribution in [0.15, 0.2) is 51.7 Å². The second-order valence-electron chi connectivity index (χ2n) is 4.22. The molecule has 0 spiro atoms. The third-order valence-corrected chi connectivity index (χ3v) is 4.13.